The molecule has 19 heavy (non-hydrogen) atoms. The number of rotatable bonds is 6. The molecular weight excluding hydrogens is 283 g/mol. The standard InChI is InChI=1S/C14H20Cl2N2O/c1-4-5-6-9-18(10(2)3)14(19)13-11(15)7-8-12(16)17-13/h7-8,10H,4-6,9H2,1-3H3. The van der Waals surface area contributed by atoms with Crippen LogP contribution in [0.4, 0.5) is 0 Å². The normalized spacial score (nSPS) is 10.8. The third-order valence-electron chi connectivity index (χ3n) is 2.90. The molecule has 0 radical (unpaired) electrons. The van der Waals surface area contributed by atoms with Crippen LogP contribution < -0.4 is 0 Å². The molecule has 1 heterocycles. The summed E-state index contributed by atoms with van der Waals surface area (Å²) in [5.41, 5.74) is 0.236. The molecule has 3 nitrogen and oxygen atoms in total. The van der Waals surface area contributed by atoms with Crippen LogP contribution in [0.5, 0.6) is 0 Å². The highest BCUT2D eigenvalue weighted by Crippen LogP contribution is 2.20. The van der Waals surface area contributed by atoms with Crippen molar-refractivity contribution in [2.24, 2.45) is 0 Å². The molecule has 106 valence electrons. The molecular formula is C14H20Cl2N2O. The maximum Gasteiger partial charge on any atom is 0.274 e. The van der Waals surface area contributed by atoms with Crippen molar-refractivity contribution in [3.05, 3.63) is 28.0 Å². The molecule has 0 N–H and O–H groups in total. The second-order valence-corrected chi connectivity index (χ2v) is 5.56. The summed E-state index contributed by atoms with van der Waals surface area (Å²) in [6, 6.07) is 3.30. The highest BCUT2D eigenvalue weighted by atomic mass is 35.5. The summed E-state index contributed by atoms with van der Waals surface area (Å²) >= 11 is 11.9. The van der Waals surface area contributed by atoms with Crippen LogP contribution in [0.3, 0.4) is 0 Å². The summed E-state index contributed by atoms with van der Waals surface area (Å²) < 4.78 is 0. The Hall–Kier alpha value is -0.800. The summed E-state index contributed by atoms with van der Waals surface area (Å²) in [7, 11) is 0. The number of amides is 1. The number of hydrogen-bond acceptors (Lipinski definition) is 2. The zero-order valence-corrected chi connectivity index (χ0v) is 13.1. The van der Waals surface area contributed by atoms with E-state index in [9.17, 15) is 4.79 Å². The summed E-state index contributed by atoms with van der Waals surface area (Å²) in [4.78, 5) is 18.3. The molecule has 1 aromatic heterocycles. The molecule has 0 saturated heterocycles. The van der Waals surface area contributed by atoms with Crippen molar-refractivity contribution in [3.63, 3.8) is 0 Å². The van der Waals surface area contributed by atoms with Gasteiger partial charge in [-0.2, -0.15) is 0 Å². The summed E-state index contributed by atoms with van der Waals surface area (Å²) in [5, 5.41) is 0.626. The molecule has 0 aromatic carbocycles. The average molecular weight is 303 g/mol. The minimum atomic E-state index is -0.154. The molecule has 1 aromatic rings. The lowest BCUT2D eigenvalue weighted by Gasteiger charge is -2.26. The lowest BCUT2D eigenvalue weighted by atomic mass is 10.2. The van der Waals surface area contributed by atoms with Gasteiger partial charge in [-0.05, 0) is 32.4 Å². The molecule has 0 spiro atoms. The predicted octanol–water partition coefficient (Wildman–Crippen LogP) is 4.43. The number of carbonyl (C=O) groups excluding carboxylic acids is 1. The first-order chi connectivity index (χ1) is 8.97. The van der Waals surface area contributed by atoms with E-state index >= 15 is 0 Å². The fourth-order valence-electron chi connectivity index (χ4n) is 1.83. The first-order valence-electron chi connectivity index (χ1n) is 6.60. The van der Waals surface area contributed by atoms with Gasteiger partial charge in [-0.3, -0.25) is 4.79 Å². The third kappa shape index (κ3) is 4.66. The van der Waals surface area contributed by atoms with E-state index in [1.807, 2.05) is 13.8 Å². The largest absolute Gasteiger partial charge is 0.335 e. The molecule has 0 aliphatic rings. The average Bonchev–Trinajstić information content (AvgIpc) is 2.36. The molecule has 0 fully saturated rings. The smallest absolute Gasteiger partial charge is 0.274 e. The van der Waals surface area contributed by atoms with Crippen molar-refractivity contribution in [2.45, 2.75) is 46.1 Å². The van der Waals surface area contributed by atoms with E-state index in [2.05, 4.69) is 11.9 Å². The van der Waals surface area contributed by atoms with Crippen molar-refractivity contribution in [3.8, 4) is 0 Å². The predicted molar refractivity (Wildman–Crippen MR) is 80.0 cm³/mol. The van der Waals surface area contributed by atoms with Crippen LogP contribution in [0.15, 0.2) is 12.1 Å². The van der Waals surface area contributed by atoms with Gasteiger partial charge in [-0.15, -0.1) is 0 Å². The fourth-order valence-corrected chi connectivity index (χ4v) is 2.16. The Morgan fingerprint density at radius 3 is 2.58 bits per heavy atom. The van der Waals surface area contributed by atoms with Gasteiger partial charge in [-0.25, -0.2) is 4.98 Å². The van der Waals surface area contributed by atoms with Crippen LogP contribution in [0.1, 0.15) is 50.5 Å². The highest BCUT2D eigenvalue weighted by molar-refractivity contribution is 6.34. The third-order valence-corrected chi connectivity index (χ3v) is 3.42. The SMILES string of the molecule is CCCCCN(C(=O)c1nc(Cl)ccc1Cl)C(C)C. The van der Waals surface area contributed by atoms with Crippen LogP contribution in [0.2, 0.25) is 10.2 Å². The first kappa shape index (κ1) is 16.3. The van der Waals surface area contributed by atoms with Gasteiger partial charge in [0.05, 0.1) is 5.02 Å². The highest BCUT2D eigenvalue weighted by Gasteiger charge is 2.22. The Labute approximate surface area is 124 Å². The Bertz CT molecular complexity index is 435. The summed E-state index contributed by atoms with van der Waals surface area (Å²) in [6.07, 6.45) is 3.21. The zero-order chi connectivity index (χ0) is 14.4. The lowest BCUT2D eigenvalue weighted by molar-refractivity contribution is 0.0696. The van der Waals surface area contributed by atoms with Crippen molar-refractivity contribution in [1.29, 1.82) is 0 Å². The molecule has 0 aliphatic carbocycles. The van der Waals surface area contributed by atoms with E-state index < -0.39 is 0 Å². The van der Waals surface area contributed by atoms with Gasteiger partial charge < -0.3 is 4.90 Å². The van der Waals surface area contributed by atoms with Crippen LogP contribution in [-0.4, -0.2) is 28.4 Å². The number of hydrogen-bond donors (Lipinski definition) is 0. The summed E-state index contributed by atoms with van der Waals surface area (Å²) in [6.45, 7) is 6.83. The van der Waals surface area contributed by atoms with E-state index in [0.29, 0.717) is 5.02 Å². The van der Waals surface area contributed by atoms with Crippen molar-refractivity contribution < 1.29 is 4.79 Å². The molecule has 0 atom stereocenters. The van der Waals surface area contributed by atoms with E-state index in [4.69, 9.17) is 23.2 Å². The monoisotopic (exact) mass is 302 g/mol. The van der Waals surface area contributed by atoms with E-state index in [1.165, 1.54) is 0 Å². The first-order valence-corrected chi connectivity index (χ1v) is 7.36. The van der Waals surface area contributed by atoms with Crippen LogP contribution in [-0.2, 0) is 0 Å². The number of nitrogens with zero attached hydrogens (tertiary/aromatic N) is 2. The van der Waals surface area contributed by atoms with Gasteiger partial charge in [0.1, 0.15) is 10.8 Å². The quantitative estimate of drug-likeness (QED) is 0.575. The van der Waals surface area contributed by atoms with Crippen LogP contribution >= 0.6 is 23.2 Å². The Morgan fingerprint density at radius 1 is 1.32 bits per heavy atom. The molecule has 0 aliphatic heterocycles. The Morgan fingerprint density at radius 2 is 2.00 bits per heavy atom. The van der Waals surface area contributed by atoms with Crippen molar-refractivity contribution >= 4 is 29.1 Å². The van der Waals surface area contributed by atoms with E-state index in [0.717, 1.165) is 25.8 Å². The molecule has 1 rings (SSSR count). The van der Waals surface area contributed by atoms with Crippen molar-refractivity contribution in [1.82, 2.24) is 9.88 Å². The second-order valence-electron chi connectivity index (χ2n) is 4.76. The van der Waals surface area contributed by atoms with Gasteiger partial charge in [-0.1, -0.05) is 43.0 Å². The molecule has 0 unspecified atom stereocenters. The Kier molecular flexibility index (Phi) is 6.59. The van der Waals surface area contributed by atoms with Crippen LogP contribution in [0, 0.1) is 0 Å². The number of carbonyl (C=O) groups is 1. The zero-order valence-electron chi connectivity index (χ0n) is 11.6. The molecule has 0 saturated carbocycles. The van der Waals surface area contributed by atoms with Gasteiger partial charge in [0.25, 0.3) is 5.91 Å². The molecule has 5 heteroatoms. The van der Waals surface area contributed by atoms with Crippen LogP contribution in [0.25, 0.3) is 0 Å². The Balaban J connectivity index is 2.89. The van der Waals surface area contributed by atoms with E-state index in [-0.39, 0.29) is 22.8 Å². The maximum atomic E-state index is 12.5. The minimum Gasteiger partial charge on any atom is -0.335 e. The summed E-state index contributed by atoms with van der Waals surface area (Å²) in [5.74, 6) is -0.154. The second kappa shape index (κ2) is 7.71. The number of pyridine rings is 1. The van der Waals surface area contributed by atoms with E-state index in [1.54, 1.807) is 17.0 Å². The number of unbranched alkanes of at least 4 members (excludes halogenated alkanes) is 2. The molecule has 0 bridgehead atoms. The topological polar surface area (TPSA) is 33.2 Å². The number of aromatic nitrogens is 1. The van der Waals surface area contributed by atoms with Gasteiger partial charge in [0, 0.05) is 12.6 Å². The van der Waals surface area contributed by atoms with Gasteiger partial charge >= 0.3 is 0 Å². The fraction of sp³-hybridized carbons (Fsp3) is 0.571. The lowest BCUT2D eigenvalue weighted by Crippen LogP contribution is -2.38. The maximum absolute atomic E-state index is 12.5. The number of halogens is 2. The molecule has 1 amide bonds. The van der Waals surface area contributed by atoms with Crippen molar-refractivity contribution in [2.75, 3.05) is 6.54 Å². The minimum absolute atomic E-state index is 0.112. The van der Waals surface area contributed by atoms with Gasteiger partial charge in [0.15, 0.2) is 0 Å². The van der Waals surface area contributed by atoms with Gasteiger partial charge in [0.2, 0.25) is 0 Å².